The predicted molar refractivity (Wildman–Crippen MR) is 127 cm³/mol. The van der Waals surface area contributed by atoms with Gasteiger partial charge in [-0.3, -0.25) is 20.1 Å². The van der Waals surface area contributed by atoms with Gasteiger partial charge in [-0.1, -0.05) is 13.3 Å². The lowest BCUT2D eigenvalue weighted by molar-refractivity contribution is -0.0132. The summed E-state index contributed by atoms with van der Waals surface area (Å²) < 4.78 is 54.7. The standard InChI is InChI=1S/C24H33F4N5O/c1-5-8-24(27,28)9-10-31-20-13-19(16(3)34)32-21-15-33(11-7-18(20)21)14-17(30-6-2)12-22(29)23(4,25)26/h6,12-13,29H,5,7-11,14-15H2,1-4H3,(H,31,32)/b17-12-,29-22?,30-6-. The first kappa shape index (κ1) is 27.6. The van der Waals surface area contributed by atoms with Gasteiger partial charge in [-0.15, -0.1) is 0 Å². The minimum atomic E-state index is -3.27. The van der Waals surface area contributed by atoms with E-state index >= 15 is 0 Å². The fraction of sp³-hybridized carbons (Fsp3) is 0.583. The SMILES string of the molecule is C/C=N\C(=C/C(=N)C(C)(F)F)CN1CCc2c(NCCC(F)(F)CCC)cc(C(C)=O)nc2C1. The first-order valence-electron chi connectivity index (χ1n) is 11.4. The number of nitrogens with one attached hydrogen (secondary N) is 2. The van der Waals surface area contributed by atoms with Crippen LogP contribution in [0.3, 0.4) is 0 Å². The van der Waals surface area contributed by atoms with Crippen molar-refractivity contribution < 1.29 is 22.4 Å². The summed E-state index contributed by atoms with van der Waals surface area (Å²) in [4.78, 5) is 22.6. The third-order valence-electron chi connectivity index (χ3n) is 5.51. The Morgan fingerprint density at radius 1 is 1.32 bits per heavy atom. The minimum Gasteiger partial charge on any atom is -0.384 e. The van der Waals surface area contributed by atoms with Gasteiger partial charge in [0, 0.05) is 64.8 Å². The van der Waals surface area contributed by atoms with E-state index in [-0.39, 0.29) is 37.4 Å². The molecule has 0 radical (unpaired) electrons. The van der Waals surface area contributed by atoms with E-state index in [9.17, 15) is 22.4 Å². The lowest BCUT2D eigenvalue weighted by Crippen LogP contribution is -2.34. The monoisotopic (exact) mass is 483 g/mol. The van der Waals surface area contributed by atoms with Crippen LogP contribution < -0.4 is 5.32 Å². The minimum absolute atomic E-state index is 0.0654. The molecule has 1 aromatic heterocycles. The number of rotatable bonds is 12. The van der Waals surface area contributed by atoms with Crippen LogP contribution in [0.1, 0.15) is 68.7 Å². The van der Waals surface area contributed by atoms with E-state index in [1.807, 2.05) is 4.90 Å². The summed E-state index contributed by atoms with van der Waals surface area (Å²) in [6.45, 7) is 6.61. The molecule has 0 aliphatic carbocycles. The predicted octanol–water partition coefficient (Wildman–Crippen LogP) is 5.53. The highest BCUT2D eigenvalue weighted by atomic mass is 19.3. The summed E-state index contributed by atoms with van der Waals surface area (Å²) in [5.41, 5.74) is 1.84. The molecule has 1 aliphatic rings. The van der Waals surface area contributed by atoms with E-state index in [0.29, 0.717) is 49.9 Å². The van der Waals surface area contributed by atoms with Gasteiger partial charge in [0.25, 0.3) is 5.92 Å². The maximum absolute atomic E-state index is 13.9. The van der Waals surface area contributed by atoms with Crippen LogP contribution in [0, 0.1) is 5.41 Å². The summed E-state index contributed by atoms with van der Waals surface area (Å²) in [5, 5.41) is 10.7. The number of halogens is 4. The Kier molecular flexibility index (Phi) is 9.49. The van der Waals surface area contributed by atoms with Crippen LogP contribution >= 0.6 is 0 Å². The normalized spacial score (nSPS) is 15.5. The number of pyridine rings is 1. The van der Waals surface area contributed by atoms with Crippen molar-refractivity contribution in [3.05, 3.63) is 34.8 Å². The topological polar surface area (TPSA) is 81.4 Å². The highest BCUT2D eigenvalue weighted by Crippen LogP contribution is 2.29. The number of carbonyl (C=O) groups excluding carboxylic acids is 1. The third kappa shape index (κ3) is 8.00. The molecule has 0 aromatic carbocycles. The molecule has 34 heavy (non-hydrogen) atoms. The van der Waals surface area contributed by atoms with Crippen LogP contribution in [0.2, 0.25) is 0 Å². The number of hydrogen-bond donors (Lipinski definition) is 2. The number of fused-ring (bicyclic) bond motifs is 1. The first-order chi connectivity index (χ1) is 15.9. The molecule has 2 heterocycles. The molecular formula is C24H33F4N5O. The molecule has 2 rings (SSSR count). The molecule has 0 amide bonds. The van der Waals surface area contributed by atoms with Gasteiger partial charge in [-0.2, -0.15) is 8.78 Å². The van der Waals surface area contributed by atoms with E-state index in [2.05, 4.69) is 15.3 Å². The van der Waals surface area contributed by atoms with Gasteiger partial charge < -0.3 is 5.32 Å². The number of hydrogen-bond acceptors (Lipinski definition) is 6. The number of nitrogens with zero attached hydrogens (tertiary/aromatic N) is 3. The van der Waals surface area contributed by atoms with Crippen molar-refractivity contribution in [2.24, 2.45) is 4.99 Å². The molecule has 1 aromatic rings. The number of ketones is 1. The lowest BCUT2D eigenvalue weighted by Gasteiger charge is -2.30. The molecule has 0 saturated carbocycles. The number of Topliss-reactive ketones (excluding diaryl/α,β-unsaturated/α-hetero) is 1. The zero-order chi connectivity index (χ0) is 25.5. The van der Waals surface area contributed by atoms with Crippen LogP contribution in [0.5, 0.6) is 0 Å². The molecule has 1 aliphatic heterocycles. The van der Waals surface area contributed by atoms with Crippen molar-refractivity contribution in [2.45, 2.75) is 71.8 Å². The molecule has 2 N–H and O–H groups in total. The van der Waals surface area contributed by atoms with Gasteiger partial charge in [0.05, 0.1) is 11.4 Å². The van der Waals surface area contributed by atoms with Crippen LogP contribution in [0.4, 0.5) is 23.2 Å². The fourth-order valence-corrected chi connectivity index (χ4v) is 3.75. The van der Waals surface area contributed by atoms with Crippen LogP contribution in [0.15, 0.2) is 22.8 Å². The molecule has 188 valence electrons. The number of aromatic nitrogens is 1. The summed E-state index contributed by atoms with van der Waals surface area (Å²) in [7, 11) is 0. The van der Waals surface area contributed by atoms with Crippen molar-refractivity contribution >= 4 is 23.4 Å². The molecule has 0 spiro atoms. The zero-order valence-corrected chi connectivity index (χ0v) is 20.2. The van der Waals surface area contributed by atoms with Gasteiger partial charge in [0.15, 0.2) is 5.78 Å². The van der Waals surface area contributed by atoms with Crippen molar-refractivity contribution in [1.29, 1.82) is 5.41 Å². The Labute approximate surface area is 198 Å². The number of anilines is 1. The van der Waals surface area contributed by atoms with E-state index in [0.717, 1.165) is 11.6 Å². The van der Waals surface area contributed by atoms with Crippen molar-refractivity contribution in [2.75, 3.05) is 25.0 Å². The maximum atomic E-state index is 13.9. The quantitative estimate of drug-likeness (QED) is 0.233. The third-order valence-corrected chi connectivity index (χ3v) is 5.51. The van der Waals surface area contributed by atoms with E-state index in [1.165, 1.54) is 13.1 Å². The highest BCUT2D eigenvalue weighted by molar-refractivity contribution is 5.98. The second kappa shape index (κ2) is 11.7. The number of alkyl halides is 4. The van der Waals surface area contributed by atoms with Gasteiger partial charge in [0.1, 0.15) is 11.4 Å². The van der Waals surface area contributed by atoms with Gasteiger partial charge in [0.2, 0.25) is 5.92 Å². The Morgan fingerprint density at radius 3 is 2.62 bits per heavy atom. The molecular weight excluding hydrogens is 450 g/mol. The van der Waals surface area contributed by atoms with Crippen molar-refractivity contribution in [3.63, 3.8) is 0 Å². The Balaban J connectivity index is 2.22. The molecule has 0 bridgehead atoms. The largest absolute Gasteiger partial charge is 0.384 e. The van der Waals surface area contributed by atoms with E-state index in [1.54, 1.807) is 19.9 Å². The molecule has 0 fully saturated rings. The zero-order valence-electron chi connectivity index (χ0n) is 20.2. The second-order valence-electron chi connectivity index (χ2n) is 8.60. The number of carbonyl (C=O) groups is 1. The fourth-order valence-electron chi connectivity index (χ4n) is 3.75. The van der Waals surface area contributed by atoms with Crippen molar-refractivity contribution in [3.8, 4) is 0 Å². The van der Waals surface area contributed by atoms with Crippen LogP contribution in [0.25, 0.3) is 0 Å². The molecule has 6 nitrogen and oxygen atoms in total. The van der Waals surface area contributed by atoms with E-state index < -0.39 is 17.6 Å². The second-order valence-corrected chi connectivity index (χ2v) is 8.60. The molecule has 0 saturated heterocycles. The smallest absolute Gasteiger partial charge is 0.286 e. The molecule has 0 unspecified atom stereocenters. The van der Waals surface area contributed by atoms with Crippen LogP contribution in [-0.2, 0) is 13.0 Å². The average molecular weight is 484 g/mol. The van der Waals surface area contributed by atoms with Gasteiger partial charge in [-0.05, 0) is 31.1 Å². The number of aliphatic imine (C=N–C) groups is 1. The summed E-state index contributed by atoms with van der Waals surface area (Å²) in [6, 6.07) is 1.60. The Morgan fingerprint density at radius 2 is 2.03 bits per heavy atom. The highest BCUT2D eigenvalue weighted by Gasteiger charge is 2.29. The summed E-state index contributed by atoms with van der Waals surface area (Å²) in [5.74, 6) is -6.26. The number of allylic oxidation sites excluding steroid dienone is 1. The first-order valence-corrected chi connectivity index (χ1v) is 11.4. The van der Waals surface area contributed by atoms with Gasteiger partial charge >= 0.3 is 0 Å². The summed E-state index contributed by atoms with van der Waals surface area (Å²) in [6.07, 6.45) is 3.01. The van der Waals surface area contributed by atoms with Crippen molar-refractivity contribution in [1.82, 2.24) is 9.88 Å². The lowest BCUT2D eigenvalue weighted by atomic mass is 10.0. The summed E-state index contributed by atoms with van der Waals surface area (Å²) >= 11 is 0. The Hall–Kier alpha value is -2.62. The van der Waals surface area contributed by atoms with E-state index in [4.69, 9.17) is 5.41 Å². The molecule has 10 heteroatoms. The molecule has 0 atom stereocenters. The maximum Gasteiger partial charge on any atom is 0.286 e. The van der Waals surface area contributed by atoms with Crippen LogP contribution in [-0.4, -0.2) is 59.1 Å². The van der Waals surface area contributed by atoms with Gasteiger partial charge in [-0.25, -0.2) is 13.8 Å². The Bertz CT molecular complexity index is 953. The average Bonchev–Trinajstić information content (AvgIpc) is 2.72.